The lowest BCUT2D eigenvalue weighted by Gasteiger charge is -2.18. The molecule has 1 aromatic rings. The molecule has 8 heteroatoms. The Labute approximate surface area is 115 Å². The predicted molar refractivity (Wildman–Crippen MR) is 72.0 cm³/mol. The number of carbonyl (C=O) groups excluding carboxylic acids is 1. The van der Waals surface area contributed by atoms with Crippen LogP contribution in [0, 0.1) is 10.1 Å². The van der Waals surface area contributed by atoms with Crippen LogP contribution in [0.5, 0.6) is 0 Å². The Morgan fingerprint density at radius 1 is 1.45 bits per heavy atom. The molecule has 0 fully saturated rings. The molecule has 0 radical (unpaired) electrons. The highest BCUT2D eigenvalue weighted by Gasteiger charge is 2.20. The number of amides is 1. The smallest absolute Gasteiger partial charge is 0.335 e. The Hall–Kier alpha value is -2.64. The average Bonchev–Trinajstić information content (AvgIpc) is 2.37. The van der Waals surface area contributed by atoms with Crippen molar-refractivity contribution in [3.63, 3.8) is 0 Å². The van der Waals surface area contributed by atoms with Crippen molar-refractivity contribution in [2.45, 2.75) is 6.92 Å². The van der Waals surface area contributed by atoms with Crippen LogP contribution in [-0.2, 0) is 4.79 Å². The minimum Gasteiger partial charge on any atom is -0.478 e. The van der Waals surface area contributed by atoms with Crippen molar-refractivity contribution >= 4 is 23.3 Å². The van der Waals surface area contributed by atoms with E-state index in [9.17, 15) is 19.7 Å². The Balaban J connectivity index is 3.11. The number of nitrogens with zero attached hydrogens (tertiary/aromatic N) is 2. The summed E-state index contributed by atoms with van der Waals surface area (Å²) in [5.41, 5.74) is -0.240. The first-order valence-electron chi connectivity index (χ1n) is 5.86. The summed E-state index contributed by atoms with van der Waals surface area (Å²) in [6.45, 7) is 2.10. The second kappa shape index (κ2) is 6.50. The molecule has 2 N–H and O–H groups in total. The maximum Gasteiger partial charge on any atom is 0.335 e. The number of carboxylic acids is 1. The standard InChI is InChI=1S/C12H15N3O5/c1-3-13-11(16)7-14(2)10-6-8(12(17)18)4-5-9(10)15(19)20/h4-6H,3,7H2,1-2H3,(H,13,16)(H,17,18). The topological polar surface area (TPSA) is 113 Å². The fourth-order valence-corrected chi connectivity index (χ4v) is 1.67. The van der Waals surface area contributed by atoms with Crippen LogP contribution in [0.1, 0.15) is 17.3 Å². The molecule has 1 amide bonds. The van der Waals surface area contributed by atoms with E-state index in [0.29, 0.717) is 6.54 Å². The summed E-state index contributed by atoms with van der Waals surface area (Å²) in [6, 6.07) is 3.45. The Morgan fingerprint density at radius 3 is 2.60 bits per heavy atom. The van der Waals surface area contributed by atoms with Gasteiger partial charge in [0.15, 0.2) is 0 Å². The van der Waals surface area contributed by atoms with E-state index in [1.54, 1.807) is 6.92 Å². The summed E-state index contributed by atoms with van der Waals surface area (Å²) in [5.74, 6) is -1.49. The third-order valence-electron chi connectivity index (χ3n) is 2.59. The molecule has 0 aliphatic carbocycles. The van der Waals surface area contributed by atoms with Crippen molar-refractivity contribution in [1.29, 1.82) is 0 Å². The van der Waals surface area contributed by atoms with Gasteiger partial charge in [-0.1, -0.05) is 0 Å². The van der Waals surface area contributed by atoms with E-state index in [2.05, 4.69) is 5.32 Å². The molecule has 0 spiro atoms. The SMILES string of the molecule is CCNC(=O)CN(C)c1cc(C(=O)O)ccc1[N+](=O)[O-]. The first-order chi connectivity index (χ1) is 9.36. The molecule has 0 saturated heterocycles. The van der Waals surface area contributed by atoms with Crippen molar-refractivity contribution in [1.82, 2.24) is 5.32 Å². The third kappa shape index (κ3) is 3.67. The normalized spacial score (nSPS) is 9.90. The van der Waals surface area contributed by atoms with Gasteiger partial charge in [-0.15, -0.1) is 0 Å². The lowest BCUT2D eigenvalue weighted by Crippen LogP contribution is -2.35. The number of anilines is 1. The molecular weight excluding hydrogens is 266 g/mol. The summed E-state index contributed by atoms with van der Waals surface area (Å²) in [4.78, 5) is 34.1. The van der Waals surface area contributed by atoms with Gasteiger partial charge in [0.2, 0.25) is 5.91 Å². The van der Waals surface area contributed by atoms with Crippen LogP contribution < -0.4 is 10.2 Å². The van der Waals surface area contributed by atoms with Gasteiger partial charge < -0.3 is 15.3 Å². The number of hydrogen-bond donors (Lipinski definition) is 2. The summed E-state index contributed by atoms with van der Waals surface area (Å²) < 4.78 is 0. The van der Waals surface area contributed by atoms with Gasteiger partial charge in [0.1, 0.15) is 5.69 Å². The average molecular weight is 281 g/mol. The molecule has 0 bridgehead atoms. The van der Waals surface area contributed by atoms with E-state index in [1.165, 1.54) is 18.0 Å². The number of hydrogen-bond acceptors (Lipinski definition) is 5. The maximum absolute atomic E-state index is 11.5. The van der Waals surface area contributed by atoms with Crippen molar-refractivity contribution in [2.24, 2.45) is 0 Å². The van der Waals surface area contributed by atoms with Gasteiger partial charge >= 0.3 is 5.97 Å². The number of likely N-dealkylation sites (N-methyl/N-ethyl adjacent to an activating group) is 2. The molecule has 0 atom stereocenters. The van der Waals surface area contributed by atoms with Gasteiger partial charge in [0.25, 0.3) is 5.69 Å². The van der Waals surface area contributed by atoms with Gasteiger partial charge in [-0.3, -0.25) is 14.9 Å². The van der Waals surface area contributed by atoms with Crippen molar-refractivity contribution < 1.29 is 19.6 Å². The van der Waals surface area contributed by atoms with Crippen LogP contribution in [-0.4, -0.2) is 42.0 Å². The Bertz CT molecular complexity index is 544. The van der Waals surface area contributed by atoms with Gasteiger partial charge in [0, 0.05) is 19.7 Å². The Morgan fingerprint density at radius 2 is 2.10 bits per heavy atom. The van der Waals surface area contributed by atoms with Crippen LogP contribution >= 0.6 is 0 Å². The monoisotopic (exact) mass is 281 g/mol. The molecular formula is C12H15N3O5. The number of benzene rings is 1. The number of aromatic carboxylic acids is 1. The molecule has 0 saturated carbocycles. The highest BCUT2D eigenvalue weighted by atomic mass is 16.6. The Kier molecular flexibility index (Phi) is 5.01. The van der Waals surface area contributed by atoms with Crippen molar-refractivity contribution in [3.8, 4) is 0 Å². The molecule has 20 heavy (non-hydrogen) atoms. The molecule has 0 unspecified atom stereocenters. The van der Waals surface area contributed by atoms with Gasteiger partial charge in [-0.2, -0.15) is 0 Å². The van der Waals surface area contributed by atoms with Crippen molar-refractivity contribution in [3.05, 3.63) is 33.9 Å². The van der Waals surface area contributed by atoms with Gasteiger partial charge in [0.05, 0.1) is 17.0 Å². The number of carbonyl (C=O) groups is 2. The van der Waals surface area contributed by atoms with E-state index in [4.69, 9.17) is 5.11 Å². The molecule has 0 aliphatic rings. The fraction of sp³-hybridized carbons (Fsp3) is 0.333. The third-order valence-corrected chi connectivity index (χ3v) is 2.59. The molecule has 1 aromatic carbocycles. The summed E-state index contributed by atoms with van der Waals surface area (Å²) in [7, 11) is 1.49. The summed E-state index contributed by atoms with van der Waals surface area (Å²) >= 11 is 0. The first-order valence-corrected chi connectivity index (χ1v) is 5.86. The van der Waals surface area contributed by atoms with Gasteiger partial charge in [-0.25, -0.2) is 4.79 Å². The molecule has 0 aromatic heterocycles. The lowest BCUT2D eigenvalue weighted by atomic mass is 10.1. The van der Waals surface area contributed by atoms with Gasteiger partial charge in [-0.05, 0) is 19.1 Å². The highest BCUT2D eigenvalue weighted by molar-refractivity contribution is 5.91. The van der Waals surface area contributed by atoms with E-state index in [0.717, 1.165) is 12.1 Å². The zero-order valence-electron chi connectivity index (χ0n) is 11.1. The molecule has 8 nitrogen and oxygen atoms in total. The van der Waals surface area contributed by atoms with Crippen LogP contribution in [0.2, 0.25) is 0 Å². The zero-order valence-corrected chi connectivity index (χ0v) is 11.1. The second-order valence-corrected chi connectivity index (χ2v) is 4.08. The molecule has 1 rings (SSSR count). The molecule has 0 heterocycles. The van der Waals surface area contributed by atoms with Crippen LogP contribution in [0.4, 0.5) is 11.4 Å². The zero-order chi connectivity index (χ0) is 15.3. The second-order valence-electron chi connectivity index (χ2n) is 4.08. The van der Waals surface area contributed by atoms with E-state index in [-0.39, 0.29) is 29.4 Å². The molecule has 0 aliphatic heterocycles. The number of carboxylic acid groups (broad SMARTS) is 1. The summed E-state index contributed by atoms with van der Waals surface area (Å²) in [6.07, 6.45) is 0. The maximum atomic E-state index is 11.5. The molecule has 108 valence electrons. The van der Waals surface area contributed by atoms with Crippen LogP contribution in [0.3, 0.4) is 0 Å². The van der Waals surface area contributed by atoms with E-state index in [1.807, 2.05) is 0 Å². The predicted octanol–water partition coefficient (Wildman–Crippen LogP) is 0.865. The fourth-order valence-electron chi connectivity index (χ4n) is 1.67. The van der Waals surface area contributed by atoms with Crippen molar-refractivity contribution in [2.75, 3.05) is 25.0 Å². The largest absolute Gasteiger partial charge is 0.478 e. The minimum atomic E-state index is -1.19. The number of nitro benzene ring substituents is 1. The van der Waals surface area contributed by atoms with E-state index < -0.39 is 10.9 Å². The lowest BCUT2D eigenvalue weighted by molar-refractivity contribution is -0.384. The number of nitrogens with one attached hydrogen (secondary N) is 1. The quantitative estimate of drug-likeness (QED) is 0.590. The summed E-state index contributed by atoms with van der Waals surface area (Å²) in [5, 5.41) is 22.4. The van der Waals surface area contributed by atoms with E-state index >= 15 is 0 Å². The minimum absolute atomic E-state index is 0.0756. The number of nitro groups is 1. The first kappa shape index (κ1) is 15.4. The highest BCUT2D eigenvalue weighted by Crippen LogP contribution is 2.28. The van der Waals surface area contributed by atoms with Crippen LogP contribution in [0.25, 0.3) is 0 Å². The van der Waals surface area contributed by atoms with Crippen LogP contribution in [0.15, 0.2) is 18.2 Å². The number of rotatable bonds is 6.